The molecule has 0 saturated heterocycles. The van der Waals surface area contributed by atoms with E-state index in [4.69, 9.17) is 4.74 Å². The molecule has 2 aromatic rings. The maximum absolute atomic E-state index is 13.6. The number of anilines is 1. The molecule has 1 heterocycles. The Bertz CT molecular complexity index is 939. The molecular formula is C23H23NO4. The lowest BCUT2D eigenvalue weighted by atomic mass is 9.58. The smallest absolute Gasteiger partial charge is 0.320 e. The van der Waals surface area contributed by atoms with E-state index in [-0.39, 0.29) is 19.4 Å². The molecule has 4 rings (SSSR count). The Morgan fingerprint density at radius 2 is 1.75 bits per heavy atom. The van der Waals surface area contributed by atoms with Crippen molar-refractivity contribution in [2.24, 2.45) is 0 Å². The molecule has 0 radical (unpaired) electrons. The van der Waals surface area contributed by atoms with Crippen molar-refractivity contribution in [3.63, 3.8) is 0 Å². The fourth-order valence-corrected chi connectivity index (χ4v) is 4.40. The summed E-state index contributed by atoms with van der Waals surface area (Å²) in [6.07, 6.45) is 3.92. The molecule has 0 fully saturated rings. The first-order chi connectivity index (χ1) is 13.5. The molecule has 2 atom stereocenters. The van der Waals surface area contributed by atoms with E-state index in [0.717, 1.165) is 5.56 Å². The lowest BCUT2D eigenvalue weighted by molar-refractivity contribution is -0.171. The Balaban J connectivity index is 1.91. The second-order valence-corrected chi connectivity index (χ2v) is 7.26. The number of rotatable bonds is 4. The third-order valence-corrected chi connectivity index (χ3v) is 5.77. The second-order valence-electron chi connectivity index (χ2n) is 7.26. The van der Waals surface area contributed by atoms with Gasteiger partial charge in [-0.3, -0.25) is 9.59 Å². The van der Waals surface area contributed by atoms with Crippen LogP contribution in [0, 0.1) is 0 Å². The molecule has 28 heavy (non-hydrogen) atoms. The van der Waals surface area contributed by atoms with Crippen molar-refractivity contribution in [1.82, 2.24) is 0 Å². The summed E-state index contributed by atoms with van der Waals surface area (Å²) in [6, 6.07) is 16.9. The minimum absolute atomic E-state index is 0.0737. The number of benzene rings is 2. The van der Waals surface area contributed by atoms with E-state index in [0.29, 0.717) is 17.8 Å². The van der Waals surface area contributed by atoms with Gasteiger partial charge in [0.15, 0.2) is 5.60 Å². The predicted molar refractivity (Wildman–Crippen MR) is 106 cm³/mol. The Kier molecular flexibility index (Phi) is 4.55. The van der Waals surface area contributed by atoms with E-state index >= 15 is 0 Å². The number of fused-ring (bicyclic) bond motifs is 3. The molecule has 0 aromatic heterocycles. The zero-order valence-corrected chi connectivity index (χ0v) is 15.8. The largest absolute Gasteiger partial charge is 0.465 e. The molecule has 2 aromatic carbocycles. The van der Waals surface area contributed by atoms with Crippen LogP contribution in [0.1, 0.15) is 30.9 Å². The summed E-state index contributed by atoms with van der Waals surface area (Å²) in [6.45, 7) is 2.23. The first-order valence-electron chi connectivity index (χ1n) is 9.54. The van der Waals surface area contributed by atoms with E-state index in [9.17, 15) is 14.7 Å². The second kappa shape index (κ2) is 6.91. The van der Waals surface area contributed by atoms with Crippen molar-refractivity contribution >= 4 is 17.6 Å². The van der Waals surface area contributed by atoms with E-state index in [2.05, 4.69) is 0 Å². The molecule has 0 saturated carbocycles. The van der Waals surface area contributed by atoms with Crippen LogP contribution in [0.4, 0.5) is 5.69 Å². The van der Waals surface area contributed by atoms with Crippen molar-refractivity contribution < 1.29 is 19.4 Å². The third kappa shape index (κ3) is 2.50. The van der Waals surface area contributed by atoms with Crippen LogP contribution in [0.2, 0.25) is 0 Å². The molecule has 2 aliphatic rings. The van der Waals surface area contributed by atoms with Crippen molar-refractivity contribution in [2.75, 3.05) is 11.5 Å². The highest BCUT2D eigenvalue weighted by atomic mass is 16.5. The summed E-state index contributed by atoms with van der Waals surface area (Å²) >= 11 is 0. The highest BCUT2D eigenvalue weighted by Gasteiger charge is 2.66. The Labute approximate surface area is 164 Å². The number of ether oxygens (including phenoxy) is 1. The van der Waals surface area contributed by atoms with Crippen LogP contribution in [0.5, 0.6) is 0 Å². The topological polar surface area (TPSA) is 66.8 Å². The van der Waals surface area contributed by atoms with Crippen LogP contribution in [0.3, 0.4) is 0 Å². The van der Waals surface area contributed by atoms with Crippen molar-refractivity contribution in [1.29, 1.82) is 0 Å². The quantitative estimate of drug-likeness (QED) is 0.657. The normalized spacial score (nSPS) is 25.8. The molecule has 1 N–H and O–H groups in total. The molecule has 144 valence electrons. The van der Waals surface area contributed by atoms with Crippen molar-refractivity contribution in [3.05, 3.63) is 77.9 Å². The number of para-hydroxylation sites is 1. The maximum atomic E-state index is 13.6. The Morgan fingerprint density at radius 1 is 1.07 bits per heavy atom. The van der Waals surface area contributed by atoms with Gasteiger partial charge in [0.05, 0.1) is 13.2 Å². The molecular weight excluding hydrogens is 354 g/mol. The van der Waals surface area contributed by atoms with Gasteiger partial charge in [0.1, 0.15) is 5.41 Å². The zero-order valence-electron chi connectivity index (χ0n) is 15.8. The van der Waals surface area contributed by atoms with E-state index < -0.39 is 22.9 Å². The molecule has 5 nitrogen and oxygen atoms in total. The Hall–Kier alpha value is -2.92. The highest BCUT2D eigenvalue weighted by Crippen LogP contribution is 2.53. The minimum atomic E-state index is -1.88. The monoisotopic (exact) mass is 377 g/mol. The summed E-state index contributed by atoms with van der Waals surface area (Å²) in [5.41, 5.74) is -1.08. The average Bonchev–Trinajstić information content (AvgIpc) is 2.72. The summed E-state index contributed by atoms with van der Waals surface area (Å²) in [5.74, 6) is -1.02. The van der Waals surface area contributed by atoms with Gasteiger partial charge in [-0.25, -0.2) is 0 Å². The lowest BCUT2D eigenvalue weighted by Crippen LogP contribution is -2.69. The minimum Gasteiger partial charge on any atom is -0.465 e. The number of hydrogen-bond donors (Lipinski definition) is 1. The molecule has 0 spiro atoms. The van der Waals surface area contributed by atoms with Gasteiger partial charge in [-0.05, 0) is 30.5 Å². The number of amides is 1. The van der Waals surface area contributed by atoms with Gasteiger partial charge >= 0.3 is 5.97 Å². The number of allylic oxidation sites excluding steroid dienone is 1. The SMILES string of the molecule is CCOC(=O)C12CC=CCC1(O)C(=O)N(Cc1ccccc1)c1ccccc12. The van der Waals surface area contributed by atoms with Gasteiger partial charge in [-0.2, -0.15) is 0 Å². The molecule has 0 bridgehead atoms. The van der Waals surface area contributed by atoms with E-state index in [1.165, 1.54) is 0 Å². The number of carbonyl (C=O) groups is 2. The van der Waals surface area contributed by atoms with Gasteiger partial charge in [0, 0.05) is 12.1 Å². The van der Waals surface area contributed by atoms with E-state index in [1.807, 2.05) is 60.7 Å². The standard InChI is InChI=1S/C23H23NO4/c1-2-28-21(26)22-14-8-9-15-23(22,27)20(25)24(16-17-10-4-3-5-11-17)19-13-7-6-12-18(19)22/h3-13,27H,2,14-16H2,1H3. The number of aliphatic hydroxyl groups is 1. The van der Waals surface area contributed by atoms with Gasteiger partial charge < -0.3 is 14.7 Å². The number of nitrogens with zero attached hydrogens (tertiary/aromatic N) is 1. The predicted octanol–water partition coefficient (Wildman–Crippen LogP) is 3.12. The van der Waals surface area contributed by atoms with Gasteiger partial charge in [-0.15, -0.1) is 0 Å². The summed E-state index contributed by atoms with van der Waals surface area (Å²) < 4.78 is 5.36. The van der Waals surface area contributed by atoms with Crippen LogP contribution in [-0.4, -0.2) is 29.2 Å². The number of hydrogen-bond acceptors (Lipinski definition) is 4. The van der Waals surface area contributed by atoms with Gasteiger partial charge in [-0.1, -0.05) is 60.7 Å². The van der Waals surface area contributed by atoms with Crippen LogP contribution in [-0.2, 0) is 26.3 Å². The summed E-state index contributed by atoms with van der Waals surface area (Å²) in [4.78, 5) is 28.3. The average molecular weight is 377 g/mol. The molecule has 1 amide bonds. The van der Waals surface area contributed by atoms with Gasteiger partial charge in [0.25, 0.3) is 5.91 Å². The lowest BCUT2D eigenvalue weighted by Gasteiger charge is -2.52. The van der Waals surface area contributed by atoms with Crippen LogP contribution < -0.4 is 4.90 Å². The Morgan fingerprint density at radius 3 is 2.50 bits per heavy atom. The molecule has 5 heteroatoms. The first kappa shape index (κ1) is 18.4. The molecule has 1 aliphatic carbocycles. The molecule has 2 unspecified atom stereocenters. The number of carbonyl (C=O) groups excluding carboxylic acids is 2. The van der Waals surface area contributed by atoms with Crippen molar-refractivity contribution in [3.8, 4) is 0 Å². The van der Waals surface area contributed by atoms with Crippen LogP contribution in [0.15, 0.2) is 66.7 Å². The van der Waals surface area contributed by atoms with Crippen molar-refractivity contribution in [2.45, 2.75) is 37.3 Å². The summed E-state index contributed by atoms with van der Waals surface area (Å²) in [5, 5.41) is 11.7. The number of esters is 1. The zero-order chi connectivity index (χ0) is 19.8. The van der Waals surface area contributed by atoms with Gasteiger partial charge in [0.2, 0.25) is 0 Å². The first-order valence-corrected chi connectivity index (χ1v) is 9.54. The molecule has 1 aliphatic heterocycles. The van der Waals surface area contributed by atoms with E-state index in [1.54, 1.807) is 17.9 Å². The maximum Gasteiger partial charge on any atom is 0.320 e. The highest BCUT2D eigenvalue weighted by molar-refractivity contribution is 6.10. The van der Waals surface area contributed by atoms with Crippen LogP contribution >= 0.6 is 0 Å². The summed E-state index contributed by atoms with van der Waals surface area (Å²) in [7, 11) is 0. The fourth-order valence-electron chi connectivity index (χ4n) is 4.40. The van der Waals surface area contributed by atoms with Crippen LogP contribution in [0.25, 0.3) is 0 Å². The fraction of sp³-hybridized carbons (Fsp3) is 0.304. The third-order valence-electron chi connectivity index (χ3n) is 5.77.